The fourth-order valence-corrected chi connectivity index (χ4v) is 4.71. The molecule has 0 radical (unpaired) electrons. The van der Waals surface area contributed by atoms with Gasteiger partial charge in [0.2, 0.25) is 11.8 Å². The zero-order chi connectivity index (χ0) is 26.4. The number of hydrogen-bond donors (Lipinski definition) is 1. The van der Waals surface area contributed by atoms with Crippen LogP contribution in [0.5, 0.6) is 5.88 Å². The van der Waals surface area contributed by atoms with E-state index in [4.69, 9.17) is 15.5 Å². The van der Waals surface area contributed by atoms with E-state index < -0.39 is 5.91 Å². The van der Waals surface area contributed by atoms with E-state index in [-0.39, 0.29) is 6.04 Å². The third kappa shape index (κ3) is 6.17. The Bertz CT molecular complexity index is 1370. The van der Waals surface area contributed by atoms with Gasteiger partial charge in [-0.1, -0.05) is 67.9 Å². The minimum Gasteiger partial charge on any atom is -0.471 e. The average Bonchev–Trinajstić information content (AvgIpc) is 2.91. The number of nitrogens with zero attached hydrogens (tertiary/aromatic N) is 2. The van der Waals surface area contributed by atoms with Crippen molar-refractivity contribution in [1.29, 1.82) is 0 Å². The molecule has 0 saturated carbocycles. The zero-order valence-corrected chi connectivity index (χ0v) is 22.4. The summed E-state index contributed by atoms with van der Waals surface area (Å²) in [5.74, 6) is 0.298. The molecule has 0 saturated heterocycles. The number of aromatic nitrogens is 1. The Morgan fingerprint density at radius 1 is 1.00 bits per heavy atom. The van der Waals surface area contributed by atoms with Gasteiger partial charge < -0.3 is 15.0 Å². The second kappa shape index (κ2) is 11.6. The van der Waals surface area contributed by atoms with Crippen LogP contribution in [-0.4, -0.2) is 42.6 Å². The van der Waals surface area contributed by atoms with Crippen LogP contribution in [0.3, 0.4) is 0 Å². The molecule has 2 N–H and O–H groups in total. The lowest BCUT2D eigenvalue weighted by Crippen LogP contribution is -2.45. The fraction of sp³-hybridized carbons (Fsp3) is 0.312. The van der Waals surface area contributed by atoms with Crippen molar-refractivity contribution in [2.75, 3.05) is 27.2 Å². The standard InChI is InChI=1S/C32H37N3O2/c1-5-6-15-27-21-25-14-10-11-16-29(25)32(34-27)37-20-19-35(3,4)23(2)28-18-17-26(31(33)36)22-30(28)24-12-8-7-9-13-24/h7-14,16-18,21-23H,5-6,15,19-20H2,1-4H3,(H-,33,36)/p+1/t23-/m1/s1. The van der Waals surface area contributed by atoms with Crippen molar-refractivity contribution >= 4 is 16.7 Å². The number of amides is 1. The van der Waals surface area contributed by atoms with Crippen LogP contribution in [0, 0.1) is 0 Å². The van der Waals surface area contributed by atoms with Crippen LogP contribution in [0.4, 0.5) is 0 Å². The highest BCUT2D eigenvalue weighted by molar-refractivity contribution is 5.94. The number of likely N-dealkylation sites (N-methyl/N-ethyl adjacent to an activating group) is 1. The number of carbonyl (C=O) groups is 1. The van der Waals surface area contributed by atoms with Crippen molar-refractivity contribution in [3.8, 4) is 17.0 Å². The SMILES string of the molecule is CCCCc1cc2ccccc2c(OCC[N+](C)(C)[C@H](C)c2ccc(C(N)=O)cc2-c2ccccc2)n1. The molecule has 1 heterocycles. The van der Waals surface area contributed by atoms with E-state index in [0.29, 0.717) is 22.5 Å². The van der Waals surface area contributed by atoms with E-state index in [2.05, 4.69) is 64.3 Å². The van der Waals surface area contributed by atoms with Gasteiger partial charge in [0.1, 0.15) is 19.2 Å². The van der Waals surface area contributed by atoms with Crippen LogP contribution in [0.25, 0.3) is 21.9 Å². The van der Waals surface area contributed by atoms with Gasteiger partial charge in [0.05, 0.1) is 14.1 Å². The summed E-state index contributed by atoms with van der Waals surface area (Å²) in [7, 11) is 4.43. The summed E-state index contributed by atoms with van der Waals surface area (Å²) in [5, 5.41) is 2.22. The van der Waals surface area contributed by atoms with Gasteiger partial charge in [0.25, 0.3) is 0 Å². The minimum absolute atomic E-state index is 0.154. The maximum Gasteiger partial charge on any atom is 0.248 e. The van der Waals surface area contributed by atoms with Gasteiger partial charge in [-0.25, -0.2) is 4.98 Å². The van der Waals surface area contributed by atoms with Gasteiger partial charge in [-0.15, -0.1) is 0 Å². The van der Waals surface area contributed by atoms with Crippen LogP contribution >= 0.6 is 0 Å². The first-order chi connectivity index (χ1) is 17.8. The van der Waals surface area contributed by atoms with E-state index in [1.165, 1.54) is 10.9 Å². The van der Waals surface area contributed by atoms with Crippen molar-refractivity contribution in [3.05, 3.63) is 95.7 Å². The van der Waals surface area contributed by atoms with Crippen molar-refractivity contribution in [2.45, 2.75) is 39.2 Å². The van der Waals surface area contributed by atoms with Crippen molar-refractivity contribution in [1.82, 2.24) is 4.98 Å². The number of aryl methyl sites for hydroxylation is 1. The molecular formula is C32H38N3O2+. The molecule has 0 spiro atoms. The lowest BCUT2D eigenvalue weighted by molar-refractivity contribution is -0.919. The molecule has 1 atom stereocenters. The van der Waals surface area contributed by atoms with E-state index >= 15 is 0 Å². The molecule has 0 aliphatic heterocycles. The second-order valence-corrected chi connectivity index (χ2v) is 10.3. The first-order valence-corrected chi connectivity index (χ1v) is 13.1. The summed E-state index contributed by atoms with van der Waals surface area (Å²) in [6, 6.07) is 26.6. The molecule has 5 heteroatoms. The molecule has 1 amide bonds. The van der Waals surface area contributed by atoms with Gasteiger partial charge in [0, 0.05) is 22.2 Å². The quantitative estimate of drug-likeness (QED) is 0.239. The fourth-order valence-electron chi connectivity index (χ4n) is 4.71. The largest absolute Gasteiger partial charge is 0.471 e. The van der Waals surface area contributed by atoms with Crippen LogP contribution in [0.15, 0.2) is 78.9 Å². The molecule has 1 aromatic heterocycles. The van der Waals surface area contributed by atoms with Crippen LogP contribution in [0.2, 0.25) is 0 Å². The zero-order valence-electron chi connectivity index (χ0n) is 22.4. The Balaban J connectivity index is 1.56. The summed E-state index contributed by atoms with van der Waals surface area (Å²) in [6.45, 7) is 5.77. The van der Waals surface area contributed by atoms with Crippen LogP contribution in [-0.2, 0) is 6.42 Å². The highest BCUT2D eigenvalue weighted by atomic mass is 16.5. The molecular weight excluding hydrogens is 458 g/mol. The van der Waals surface area contributed by atoms with Crippen LogP contribution in [0.1, 0.15) is 54.3 Å². The van der Waals surface area contributed by atoms with Gasteiger partial charge >= 0.3 is 0 Å². The predicted molar refractivity (Wildman–Crippen MR) is 152 cm³/mol. The minimum atomic E-state index is -0.417. The first-order valence-electron chi connectivity index (χ1n) is 13.1. The third-order valence-corrected chi connectivity index (χ3v) is 7.37. The van der Waals surface area contributed by atoms with Crippen molar-refractivity contribution in [3.63, 3.8) is 0 Å². The van der Waals surface area contributed by atoms with Gasteiger partial charge in [0.15, 0.2) is 0 Å². The van der Waals surface area contributed by atoms with Crippen molar-refractivity contribution in [2.24, 2.45) is 5.73 Å². The molecule has 4 rings (SSSR count). The molecule has 0 unspecified atom stereocenters. The highest BCUT2D eigenvalue weighted by Crippen LogP contribution is 2.34. The number of fused-ring (bicyclic) bond motifs is 1. The van der Waals surface area contributed by atoms with E-state index in [0.717, 1.165) is 48.0 Å². The lowest BCUT2D eigenvalue weighted by atomic mass is 9.92. The van der Waals surface area contributed by atoms with Crippen molar-refractivity contribution < 1.29 is 14.0 Å². The number of pyridine rings is 1. The lowest BCUT2D eigenvalue weighted by Gasteiger charge is -2.37. The Hall–Kier alpha value is -3.70. The number of nitrogens with two attached hydrogens (primary N) is 1. The number of unbranched alkanes of at least 4 members (excludes halogenated alkanes) is 1. The summed E-state index contributed by atoms with van der Waals surface area (Å²) >= 11 is 0. The molecule has 0 fully saturated rings. The summed E-state index contributed by atoms with van der Waals surface area (Å²) in [5.41, 5.74) is 10.5. The predicted octanol–water partition coefficient (Wildman–Crippen LogP) is 6.56. The Morgan fingerprint density at radius 3 is 2.46 bits per heavy atom. The maximum absolute atomic E-state index is 11.9. The molecule has 37 heavy (non-hydrogen) atoms. The Labute approximate surface area is 220 Å². The van der Waals surface area contributed by atoms with Crippen LogP contribution < -0.4 is 10.5 Å². The Kier molecular flexibility index (Phi) is 8.24. The summed E-state index contributed by atoms with van der Waals surface area (Å²) in [6.07, 6.45) is 3.21. The third-order valence-electron chi connectivity index (χ3n) is 7.37. The number of rotatable bonds is 11. The summed E-state index contributed by atoms with van der Waals surface area (Å²) in [4.78, 5) is 16.8. The first kappa shape index (κ1) is 26.4. The van der Waals surface area contributed by atoms with Gasteiger partial charge in [-0.3, -0.25) is 4.79 Å². The molecule has 192 valence electrons. The van der Waals surface area contributed by atoms with E-state index in [1.54, 1.807) is 0 Å². The number of quaternary nitrogens is 1. The smallest absolute Gasteiger partial charge is 0.248 e. The molecule has 0 bridgehead atoms. The number of benzene rings is 3. The van der Waals surface area contributed by atoms with Gasteiger partial charge in [-0.2, -0.15) is 0 Å². The van der Waals surface area contributed by atoms with E-state index in [1.807, 2.05) is 42.5 Å². The second-order valence-electron chi connectivity index (χ2n) is 10.3. The summed E-state index contributed by atoms with van der Waals surface area (Å²) < 4.78 is 7.05. The van der Waals surface area contributed by atoms with Gasteiger partial charge in [-0.05, 0) is 60.5 Å². The molecule has 0 aliphatic carbocycles. The molecule has 3 aromatic carbocycles. The molecule has 4 aromatic rings. The maximum atomic E-state index is 11.9. The number of hydrogen-bond acceptors (Lipinski definition) is 3. The van der Waals surface area contributed by atoms with E-state index in [9.17, 15) is 4.79 Å². The molecule has 5 nitrogen and oxygen atoms in total. The molecule has 0 aliphatic rings. The average molecular weight is 497 g/mol. The normalized spacial score (nSPS) is 12.4. The number of ether oxygens (including phenoxy) is 1. The highest BCUT2D eigenvalue weighted by Gasteiger charge is 2.28. The monoisotopic (exact) mass is 496 g/mol. The topological polar surface area (TPSA) is 65.2 Å². The number of carbonyl (C=O) groups excluding carboxylic acids is 1. The number of primary amides is 1. The Morgan fingerprint density at radius 2 is 1.73 bits per heavy atom.